The number of hydrogen-bond acceptors (Lipinski definition) is 12. The predicted octanol–water partition coefficient (Wildman–Crippen LogP) is 15.8. The van der Waals surface area contributed by atoms with E-state index in [1.54, 1.807) is 0 Å². The normalized spacial score (nSPS) is 7.90. The molecule has 18 heteroatoms. The molecule has 0 fully saturated rings. The van der Waals surface area contributed by atoms with Gasteiger partial charge in [-0.2, -0.15) is 20.6 Å². The molecule has 8 aromatic rings. The first kappa shape index (κ1) is 82.7. The van der Waals surface area contributed by atoms with Crippen molar-refractivity contribution in [1.29, 1.82) is 0 Å². The van der Waals surface area contributed by atoms with Gasteiger partial charge < -0.3 is 21.6 Å². The molecule has 0 saturated heterocycles. The van der Waals surface area contributed by atoms with Crippen LogP contribution in [0.25, 0.3) is 21.6 Å². The third-order valence-electron chi connectivity index (χ3n) is 9.26. The number of hydrogen-bond donors (Lipinski definition) is 0. The van der Waals surface area contributed by atoms with Gasteiger partial charge in [0.05, 0.1) is 0 Å². The van der Waals surface area contributed by atoms with Gasteiger partial charge in [-0.1, -0.05) is 104 Å². The first-order valence-electron chi connectivity index (χ1n) is 24.3. The Morgan fingerprint density at radius 3 is 0.333 bits per heavy atom. The van der Waals surface area contributed by atoms with E-state index in [0.717, 1.165) is 51.4 Å². The second-order valence-corrected chi connectivity index (χ2v) is 14.8. The molecule has 8 aromatic heterocycles. The van der Waals surface area contributed by atoms with Crippen LogP contribution < -0.4 is 0 Å². The zero-order chi connectivity index (χ0) is 57.4. The van der Waals surface area contributed by atoms with E-state index in [1.807, 2.05) is 196 Å². The fourth-order valence-corrected chi connectivity index (χ4v) is 4.95. The van der Waals surface area contributed by atoms with Crippen molar-refractivity contribution in [2.75, 3.05) is 0 Å². The molecule has 0 aliphatic heterocycles. The maximum Gasteiger partial charge on any atom is 2.00 e. The molecule has 0 N–H and O–H groups in total. The molecule has 78 heavy (non-hydrogen) atoms. The topological polar surface area (TPSA) is 192 Å². The fourth-order valence-electron chi connectivity index (χ4n) is 4.95. The standard InChI is InChI=1S/8C7H9N.4CNS.2Co/c8*1-2-7-3-5-8-6-4-7;4*2-1-3;;/h8*3-6H,2H2,1H3;;;;;;/q;;;;;;;;4*-1;2*+2. The van der Waals surface area contributed by atoms with Gasteiger partial charge in [-0.15, -0.1) is 0 Å². The molecule has 12 nitrogen and oxygen atoms in total. The molecular formula is C60H72Co2N12S4. The Morgan fingerprint density at radius 2 is 0.295 bits per heavy atom. The van der Waals surface area contributed by atoms with E-state index in [9.17, 15) is 0 Å². The average Bonchev–Trinajstić information content (AvgIpc) is 3.50. The van der Waals surface area contributed by atoms with Crippen LogP contribution in [0.5, 0.6) is 0 Å². The molecule has 8 rings (SSSR count). The summed E-state index contributed by atoms with van der Waals surface area (Å²) in [6.45, 7) is 17.1. The SMILES string of the molecule is CCc1ccncc1.CCc1ccncc1.CCc1ccncc1.CCc1ccncc1.CCc1ccncc1.CCc1ccncc1.CCc1ccncc1.CCc1ccncc1.[Co+2].[Co+2].[N-]=C=S.[N-]=C=S.[N-]=C=S.[N-]=C=S. The molecular weight excluding hydrogens is 1130 g/mol. The summed E-state index contributed by atoms with van der Waals surface area (Å²) in [6, 6.07) is 32.4. The molecule has 8 heterocycles. The minimum atomic E-state index is 0. The number of rotatable bonds is 8. The summed E-state index contributed by atoms with van der Waals surface area (Å²) >= 11 is 14.8. The van der Waals surface area contributed by atoms with Gasteiger partial charge in [0, 0.05) is 99.1 Å². The fraction of sp³-hybridized carbons (Fsp3) is 0.267. The van der Waals surface area contributed by atoms with Crippen molar-refractivity contribution < 1.29 is 33.6 Å². The van der Waals surface area contributed by atoms with E-state index in [4.69, 9.17) is 21.6 Å². The van der Waals surface area contributed by atoms with Crippen LogP contribution in [0.2, 0.25) is 0 Å². The molecule has 0 aromatic carbocycles. The first-order valence-corrected chi connectivity index (χ1v) is 25.9. The van der Waals surface area contributed by atoms with E-state index in [-0.39, 0.29) is 33.6 Å². The zero-order valence-electron chi connectivity index (χ0n) is 45.8. The van der Waals surface area contributed by atoms with E-state index < -0.39 is 0 Å². The molecule has 0 amide bonds. The second-order valence-electron chi connectivity index (χ2n) is 14.0. The van der Waals surface area contributed by atoms with Gasteiger partial charge >= 0.3 is 33.6 Å². The van der Waals surface area contributed by atoms with E-state index >= 15 is 0 Å². The summed E-state index contributed by atoms with van der Waals surface area (Å²) in [4.78, 5) is 31.1. The Bertz CT molecular complexity index is 2020. The van der Waals surface area contributed by atoms with Crippen molar-refractivity contribution in [1.82, 2.24) is 39.9 Å². The Labute approximate surface area is 508 Å². The van der Waals surface area contributed by atoms with E-state index in [1.165, 1.54) is 65.2 Å². The summed E-state index contributed by atoms with van der Waals surface area (Å²) in [5, 5.41) is 33.9. The number of thiocarbonyl (C=S) groups is 4. The summed E-state index contributed by atoms with van der Waals surface area (Å²) in [7, 11) is 0. The molecule has 0 aliphatic rings. The zero-order valence-corrected chi connectivity index (χ0v) is 51.1. The van der Waals surface area contributed by atoms with Crippen molar-refractivity contribution in [3.05, 3.63) is 262 Å². The largest absolute Gasteiger partial charge is 2.00 e. The summed E-state index contributed by atoms with van der Waals surface area (Å²) < 4.78 is 0. The van der Waals surface area contributed by atoms with Crippen molar-refractivity contribution in [2.45, 2.75) is 107 Å². The average molecular weight is 1210 g/mol. The van der Waals surface area contributed by atoms with Crippen LogP contribution in [-0.2, 0) is 84.9 Å². The van der Waals surface area contributed by atoms with E-state index in [2.05, 4.69) is 144 Å². The van der Waals surface area contributed by atoms with Gasteiger partial charge in [-0.3, -0.25) is 39.9 Å². The van der Waals surface area contributed by atoms with Gasteiger partial charge in [0.2, 0.25) is 0 Å². The van der Waals surface area contributed by atoms with Gasteiger partial charge in [0.15, 0.2) is 0 Å². The Kier molecular flexibility index (Phi) is 74.7. The maximum absolute atomic E-state index is 7.13. The Balaban J connectivity index is -0.000000184. The van der Waals surface area contributed by atoms with Crippen LogP contribution in [0, 0.1) is 0 Å². The van der Waals surface area contributed by atoms with Crippen LogP contribution in [0.3, 0.4) is 0 Å². The van der Waals surface area contributed by atoms with Gasteiger partial charge in [0.1, 0.15) is 0 Å². The van der Waals surface area contributed by atoms with Gasteiger partial charge in [0.25, 0.3) is 0 Å². The van der Waals surface area contributed by atoms with Crippen LogP contribution in [-0.4, -0.2) is 60.5 Å². The van der Waals surface area contributed by atoms with Crippen LogP contribution in [0.15, 0.2) is 196 Å². The number of pyridine rings is 8. The third kappa shape index (κ3) is 60.3. The number of aromatic nitrogens is 8. The molecule has 0 bridgehead atoms. The number of nitrogens with zero attached hydrogens (tertiary/aromatic N) is 12. The van der Waals surface area contributed by atoms with Crippen LogP contribution >= 0.6 is 48.9 Å². The molecule has 0 saturated carbocycles. The van der Waals surface area contributed by atoms with Crippen molar-refractivity contribution in [3.63, 3.8) is 0 Å². The molecule has 0 spiro atoms. The molecule has 0 unspecified atom stereocenters. The van der Waals surface area contributed by atoms with Crippen molar-refractivity contribution in [2.24, 2.45) is 0 Å². The van der Waals surface area contributed by atoms with Crippen molar-refractivity contribution in [3.8, 4) is 0 Å². The molecule has 0 aliphatic carbocycles. The molecule has 414 valence electrons. The van der Waals surface area contributed by atoms with Crippen LogP contribution in [0.4, 0.5) is 0 Å². The van der Waals surface area contributed by atoms with Gasteiger partial charge in [-0.25, -0.2) is 0 Å². The summed E-state index contributed by atoms with van der Waals surface area (Å²) in [5.74, 6) is 0. The minimum Gasteiger partial charge on any atom is -0.753 e. The van der Waals surface area contributed by atoms with Crippen LogP contribution in [0.1, 0.15) is 99.9 Å². The van der Waals surface area contributed by atoms with Gasteiger partial charge in [-0.05, 0) is 193 Å². The molecule has 2 radical (unpaired) electrons. The predicted molar refractivity (Wildman–Crippen MR) is 333 cm³/mol. The minimum absolute atomic E-state index is 0. The summed E-state index contributed by atoms with van der Waals surface area (Å²) in [6.07, 6.45) is 37.9. The third-order valence-corrected chi connectivity index (χ3v) is 9.26. The second kappa shape index (κ2) is 70.4. The maximum atomic E-state index is 7.13. The van der Waals surface area contributed by atoms with Crippen molar-refractivity contribution >= 4 is 69.5 Å². The van der Waals surface area contributed by atoms with E-state index in [0.29, 0.717) is 0 Å². The summed E-state index contributed by atoms with van der Waals surface area (Å²) in [5.41, 5.74) is 10.8. The Hall–Kier alpha value is -6.59. The first-order chi connectivity index (χ1) is 37.1. The molecule has 0 atom stereocenters. The monoisotopic (exact) mass is 1210 g/mol. The number of aryl methyl sites for hydroxylation is 8. The number of isothiocyanates is 4. The smallest absolute Gasteiger partial charge is 0.753 e. The Morgan fingerprint density at radius 1 is 0.231 bits per heavy atom. The quantitative estimate of drug-likeness (QED) is 0.103.